The molecule has 2 aliphatic rings. The van der Waals surface area contributed by atoms with E-state index >= 15 is 0 Å². The fraction of sp³-hybridized carbons (Fsp3) is 0.533. The molecule has 0 saturated carbocycles. The summed E-state index contributed by atoms with van der Waals surface area (Å²) in [6.45, 7) is 1.78. The van der Waals surface area contributed by atoms with Crippen LogP contribution in [0.5, 0.6) is 5.75 Å². The van der Waals surface area contributed by atoms with Gasteiger partial charge in [-0.25, -0.2) is 0 Å². The Morgan fingerprint density at radius 1 is 1.26 bits per heavy atom. The first-order valence-electron chi connectivity index (χ1n) is 7.54. The summed E-state index contributed by atoms with van der Waals surface area (Å²) in [4.78, 5) is 24.5. The van der Waals surface area contributed by atoms with Crippen molar-refractivity contribution < 1.29 is 14.5 Å². The third kappa shape index (κ3) is 3.92. The zero-order chi connectivity index (χ0) is 15.5. The molecule has 2 aliphatic heterocycles. The van der Waals surface area contributed by atoms with Crippen LogP contribution in [0.4, 0.5) is 5.69 Å². The highest BCUT2D eigenvalue weighted by molar-refractivity contribution is 5.85. The van der Waals surface area contributed by atoms with Crippen molar-refractivity contribution in [3.63, 3.8) is 0 Å². The van der Waals surface area contributed by atoms with Gasteiger partial charge in [-0.3, -0.25) is 14.9 Å². The van der Waals surface area contributed by atoms with Crippen molar-refractivity contribution in [1.29, 1.82) is 0 Å². The second-order valence-corrected chi connectivity index (χ2v) is 5.72. The summed E-state index contributed by atoms with van der Waals surface area (Å²) in [5.74, 6) is 0.466. The number of nitro benzene ring substituents is 1. The molecule has 2 unspecified atom stereocenters. The monoisotopic (exact) mass is 341 g/mol. The quantitative estimate of drug-likeness (QED) is 0.666. The number of fused-ring (bicyclic) bond motifs is 2. The van der Waals surface area contributed by atoms with Gasteiger partial charge in [0.2, 0.25) is 0 Å². The van der Waals surface area contributed by atoms with Crippen LogP contribution in [0.15, 0.2) is 24.3 Å². The molecular weight excluding hydrogens is 322 g/mol. The van der Waals surface area contributed by atoms with Gasteiger partial charge in [-0.1, -0.05) is 0 Å². The maximum Gasteiger partial charge on any atom is 0.269 e. The molecule has 2 fully saturated rings. The average Bonchev–Trinajstić information content (AvgIpc) is 2.78. The Morgan fingerprint density at radius 2 is 1.96 bits per heavy atom. The number of nitrogens with zero attached hydrogens (tertiary/aromatic N) is 2. The number of rotatable bonds is 4. The molecule has 23 heavy (non-hydrogen) atoms. The topological polar surface area (TPSA) is 84.7 Å². The predicted octanol–water partition coefficient (Wildman–Crippen LogP) is 1.75. The second-order valence-electron chi connectivity index (χ2n) is 5.72. The zero-order valence-electron chi connectivity index (χ0n) is 12.6. The lowest BCUT2D eigenvalue weighted by molar-refractivity contribution is -0.384. The Hall–Kier alpha value is -1.86. The van der Waals surface area contributed by atoms with Gasteiger partial charge in [-0.05, 0) is 37.9 Å². The Balaban J connectivity index is 0.00000192. The third-order valence-electron chi connectivity index (χ3n) is 4.35. The van der Waals surface area contributed by atoms with Gasteiger partial charge in [0.05, 0.1) is 4.92 Å². The molecule has 3 rings (SSSR count). The minimum atomic E-state index is -0.461. The number of nitrogens with one attached hydrogen (secondary N) is 1. The highest BCUT2D eigenvalue weighted by Gasteiger charge is 2.37. The normalized spacial score (nSPS) is 22.9. The molecular formula is C15H20ClN3O4. The Morgan fingerprint density at radius 3 is 2.65 bits per heavy atom. The van der Waals surface area contributed by atoms with Crippen LogP contribution in [0, 0.1) is 10.1 Å². The van der Waals surface area contributed by atoms with E-state index in [1.54, 1.807) is 0 Å². The highest BCUT2D eigenvalue weighted by Crippen LogP contribution is 2.28. The molecule has 2 bridgehead atoms. The van der Waals surface area contributed by atoms with Gasteiger partial charge in [0, 0.05) is 30.8 Å². The van der Waals surface area contributed by atoms with E-state index < -0.39 is 4.92 Å². The predicted molar refractivity (Wildman–Crippen MR) is 87.0 cm³/mol. The van der Waals surface area contributed by atoms with Gasteiger partial charge >= 0.3 is 0 Å². The van der Waals surface area contributed by atoms with Crippen molar-refractivity contribution in [2.45, 2.75) is 31.3 Å². The number of ether oxygens (including phenoxy) is 1. The molecule has 126 valence electrons. The lowest BCUT2D eigenvalue weighted by atomic mass is 10.1. The largest absolute Gasteiger partial charge is 0.484 e. The van der Waals surface area contributed by atoms with Gasteiger partial charge in [0.25, 0.3) is 11.6 Å². The Kier molecular flexibility index (Phi) is 5.79. The van der Waals surface area contributed by atoms with E-state index in [-0.39, 0.29) is 36.7 Å². The van der Waals surface area contributed by atoms with Crippen LogP contribution in [0.3, 0.4) is 0 Å². The maximum absolute atomic E-state index is 12.4. The lowest BCUT2D eigenvalue weighted by Gasteiger charge is -2.27. The average molecular weight is 342 g/mol. The fourth-order valence-corrected chi connectivity index (χ4v) is 3.27. The van der Waals surface area contributed by atoms with Gasteiger partial charge in [0.1, 0.15) is 5.75 Å². The van der Waals surface area contributed by atoms with Crippen molar-refractivity contribution in [3.8, 4) is 5.75 Å². The molecule has 2 saturated heterocycles. The number of hydrogen-bond donors (Lipinski definition) is 1. The van der Waals surface area contributed by atoms with Crippen LogP contribution in [-0.4, -0.2) is 47.5 Å². The van der Waals surface area contributed by atoms with Crippen LogP contribution < -0.4 is 10.1 Å². The molecule has 0 spiro atoms. The number of amides is 1. The molecule has 8 heteroatoms. The first-order chi connectivity index (χ1) is 10.6. The van der Waals surface area contributed by atoms with Crippen LogP contribution in [0.2, 0.25) is 0 Å². The van der Waals surface area contributed by atoms with Crippen molar-refractivity contribution in [2.24, 2.45) is 0 Å². The lowest BCUT2D eigenvalue weighted by Crippen LogP contribution is -2.44. The molecule has 0 aliphatic carbocycles. The van der Waals surface area contributed by atoms with Crippen molar-refractivity contribution in [1.82, 2.24) is 10.2 Å². The van der Waals surface area contributed by atoms with Crippen LogP contribution in [0.1, 0.15) is 19.3 Å². The first kappa shape index (κ1) is 17.5. The van der Waals surface area contributed by atoms with Crippen molar-refractivity contribution in [2.75, 3.05) is 19.7 Å². The number of hydrogen-bond acceptors (Lipinski definition) is 5. The Bertz CT molecular complexity index is 552. The van der Waals surface area contributed by atoms with Gasteiger partial charge in [-0.2, -0.15) is 0 Å². The highest BCUT2D eigenvalue weighted by atomic mass is 35.5. The molecule has 0 aromatic heterocycles. The molecule has 1 aromatic carbocycles. The van der Waals surface area contributed by atoms with E-state index in [4.69, 9.17) is 4.74 Å². The van der Waals surface area contributed by atoms with Gasteiger partial charge in [0.15, 0.2) is 6.61 Å². The van der Waals surface area contributed by atoms with Crippen LogP contribution in [-0.2, 0) is 4.79 Å². The zero-order valence-corrected chi connectivity index (χ0v) is 13.5. The van der Waals surface area contributed by atoms with Gasteiger partial charge in [-0.15, -0.1) is 12.4 Å². The van der Waals surface area contributed by atoms with E-state index in [0.717, 1.165) is 32.4 Å². The van der Waals surface area contributed by atoms with E-state index in [2.05, 4.69) is 5.32 Å². The Labute approximate surface area is 140 Å². The summed E-state index contributed by atoms with van der Waals surface area (Å²) in [7, 11) is 0. The van der Waals surface area contributed by atoms with E-state index in [1.807, 2.05) is 4.90 Å². The number of benzene rings is 1. The summed E-state index contributed by atoms with van der Waals surface area (Å²) < 4.78 is 5.49. The van der Waals surface area contributed by atoms with E-state index in [9.17, 15) is 14.9 Å². The minimum Gasteiger partial charge on any atom is -0.484 e. The second kappa shape index (κ2) is 7.61. The number of carbonyl (C=O) groups excluding carboxylic acids is 1. The molecule has 1 N–H and O–H groups in total. The molecule has 1 aromatic rings. The van der Waals surface area contributed by atoms with Crippen LogP contribution >= 0.6 is 12.4 Å². The van der Waals surface area contributed by atoms with Crippen molar-refractivity contribution >= 4 is 24.0 Å². The summed E-state index contributed by atoms with van der Waals surface area (Å²) in [5.41, 5.74) is 0.00955. The van der Waals surface area contributed by atoms with Crippen molar-refractivity contribution in [3.05, 3.63) is 34.4 Å². The number of non-ortho nitro benzene ring substituents is 1. The standard InChI is InChI=1S/C15H19N3O4.ClH/c19-15(17-11-1-2-13(17)9-16-8-7-11)10-22-14-5-3-12(4-6-14)18(20)21;/h3-6,11,13,16H,1-2,7-10H2;1H. The van der Waals surface area contributed by atoms with E-state index in [0.29, 0.717) is 11.8 Å². The summed E-state index contributed by atoms with van der Waals surface area (Å²) in [6, 6.07) is 6.36. The summed E-state index contributed by atoms with van der Waals surface area (Å²) in [6.07, 6.45) is 3.09. The molecule has 2 atom stereocenters. The molecule has 1 amide bonds. The maximum atomic E-state index is 12.4. The molecule has 0 radical (unpaired) electrons. The summed E-state index contributed by atoms with van der Waals surface area (Å²) in [5, 5.41) is 14.0. The number of nitro groups is 1. The fourth-order valence-electron chi connectivity index (χ4n) is 3.27. The molecule has 7 nitrogen and oxygen atoms in total. The first-order valence-corrected chi connectivity index (χ1v) is 7.54. The van der Waals surface area contributed by atoms with Gasteiger partial charge < -0.3 is 15.0 Å². The van der Waals surface area contributed by atoms with E-state index in [1.165, 1.54) is 24.3 Å². The molecule has 2 heterocycles. The number of halogens is 1. The minimum absolute atomic E-state index is 0. The smallest absolute Gasteiger partial charge is 0.269 e. The third-order valence-corrected chi connectivity index (χ3v) is 4.35. The SMILES string of the molecule is Cl.O=C(COc1ccc([N+](=O)[O-])cc1)N1C2CCNCC1CC2. The number of carbonyl (C=O) groups is 1. The van der Waals surface area contributed by atoms with Crippen LogP contribution in [0.25, 0.3) is 0 Å². The summed E-state index contributed by atoms with van der Waals surface area (Å²) >= 11 is 0.